The Kier molecular flexibility index (Phi) is 5.87. The van der Waals surface area contributed by atoms with Crippen LogP contribution in [-0.4, -0.2) is 13.1 Å². The van der Waals surface area contributed by atoms with Crippen LogP contribution in [0.4, 0.5) is 0 Å². The number of hydrogen-bond acceptors (Lipinski definition) is 7. The van der Waals surface area contributed by atoms with Gasteiger partial charge in [0.05, 0.1) is 7.11 Å². The van der Waals surface area contributed by atoms with Gasteiger partial charge in [-0.25, -0.2) is 9.59 Å². The average molecular weight is 563 g/mol. The number of furan rings is 2. The van der Waals surface area contributed by atoms with E-state index in [0.29, 0.717) is 55.2 Å². The van der Waals surface area contributed by atoms with Crippen LogP contribution in [0.15, 0.2) is 115 Å². The Bertz CT molecular complexity index is 2170. The highest BCUT2D eigenvalue weighted by Gasteiger charge is 2.21. The molecule has 41 heavy (non-hydrogen) atoms. The summed E-state index contributed by atoms with van der Waals surface area (Å²) in [7, 11) is 1.56. The summed E-state index contributed by atoms with van der Waals surface area (Å²) in [5.74, 6) is 0.568. The summed E-state index contributed by atoms with van der Waals surface area (Å²) in [4.78, 5) is 26.0. The minimum atomic E-state index is -0.693. The summed E-state index contributed by atoms with van der Waals surface area (Å²) in [5.41, 5.74) is 2.59. The van der Waals surface area contributed by atoms with Crippen molar-refractivity contribution in [2.45, 2.75) is 0 Å². The molecule has 0 atom stereocenters. The molecule has 0 aliphatic rings. The highest BCUT2D eigenvalue weighted by Crippen LogP contribution is 2.40. The first kappa shape index (κ1) is 24.7. The number of rotatable bonds is 5. The quantitative estimate of drug-likeness (QED) is 0.118. The Labute approximate surface area is 237 Å². The molecule has 0 radical (unpaired) electrons. The molecular weight excluding hydrogens is 544 g/mol. The van der Waals surface area contributed by atoms with Gasteiger partial charge in [0.2, 0.25) is 5.76 Å². The molecule has 0 N–H and O–H groups in total. The number of ether oxygens (including phenoxy) is 2. The molecule has 7 rings (SSSR count). The molecule has 0 spiro atoms. The second-order valence-corrected chi connectivity index (χ2v) is 9.80. The minimum Gasteiger partial charge on any atom is -0.493 e. The lowest BCUT2D eigenvalue weighted by Gasteiger charge is -2.12. The van der Waals surface area contributed by atoms with E-state index in [2.05, 4.69) is 0 Å². The molecule has 0 unspecified atom stereocenters. The second-order valence-electron chi connectivity index (χ2n) is 9.36. The number of carbonyl (C=O) groups is 1. The van der Waals surface area contributed by atoms with Crippen LogP contribution in [-0.2, 0) is 0 Å². The highest BCUT2D eigenvalue weighted by molar-refractivity contribution is 6.31. The predicted molar refractivity (Wildman–Crippen MR) is 156 cm³/mol. The van der Waals surface area contributed by atoms with Crippen molar-refractivity contribution >= 4 is 50.5 Å². The van der Waals surface area contributed by atoms with Crippen LogP contribution in [0, 0.1) is 0 Å². The fourth-order valence-electron chi connectivity index (χ4n) is 4.91. The molecule has 3 aromatic heterocycles. The van der Waals surface area contributed by atoms with Crippen molar-refractivity contribution in [3.05, 3.63) is 118 Å². The maximum Gasteiger partial charge on any atom is 0.379 e. The Balaban J connectivity index is 1.41. The van der Waals surface area contributed by atoms with Crippen molar-refractivity contribution in [1.82, 2.24) is 0 Å². The van der Waals surface area contributed by atoms with Crippen LogP contribution in [0.3, 0.4) is 0 Å². The van der Waals surface area contributed by atoms with Crippen molar-refractivity contribution < 1.29 is 27.5 Å². The lowest BCUT2D eigenvalue weighted by Crippen LogP contribution is -2.08. The van der Waals surface area contributed by atoms with Crippen molar-refractivity contribution in [3.63, 3.8) is 0 Å². The number of benzene rings is 4. The Hall–Kier alpha value is -5.27. The van der Waals surface area contributed by atoms with Crippen LogP contribution in [0.25, 0.3) is 55.4 Å². The summed E-state index contributed by atoms with van der Waals surface area (Å²) < 4.78 is 28.9. The van der Waals surface area contributed by atoms with E-state index >= 15 is 0 Å². The van der Waals surface area contributed by atoms with E-state index in [0.717, 1.165) is 10.9 Å². The SMILES string of the molecule is COc1cccc2cc(-c3cc(=O)oc4cc(-c5ccccc5)c(OC(=O)c5cc6cc(Cl)ccc6o5)cc34)oc12. The smallest absolute Gasteiger partial charge is 0.379 e. The van der Waals surface area contributed by atoms with Crippen molar-refractivity contribution in [2.24, 2.45) is 0 Å². The van der Waals surface area contributed by atoms with Crippen LogP contribution < -0.4 is 15.1 Å². The van der Waals surface area contributed by atoms with E-state index in [4.69, 9.17) is 34.3 Å². The zero-order valence-electron chi connectivity index (χ0n) is 21.5. The number of hydrogen-bond donors (Lipinski definition) is 0. The normalized spacial score (nSPS) is 11.4. The molecule has 0 saturated heterocycles. The van der Waals surface area contributed by atoms with E-state index in [-0.39, 0.29) is 11.5 Å². The van der Waals surface area contributed by atoms with Crippen LogP contribution in [0.1, 0.15) is 10.6 Å². The molecule has 0 bridgehead atoms. The van der Waals surface area contributed by atoms with Crippen molar-refractivity contribution in [1.29, 1.82) is 0 Å². The first-order valence-electron chi connectivity index (χ1n) is 12.6. The van der Waals surface area contributed by atoms with Crippen molar-refractivity contribution in [3.8, 4) is 33.9 Å². The first-order chi connectivity index (χ1) is 20.0. The first-order valence-corrected chi connectivity index (χ1v) is 13.0. The summed E-state index contributed by atoms with van der Waals surface area (Å²) in [6.07, 6.45) is 0. The Morgan fingerprint density at radius 2 is 1.59 bits per heavy atom. The van der Waals surface area contributed by atoms with Crippen LogP contribution in [0.5, 0.6) is 11.5 Å². The zero-order valence-corrected chi connectivity index (χ0v) is 22.2. The van der Waals surface area contributed by atoms with Gasteiger partial charge < -0.3 is 22.7 Å². The van der Waals surface area contributed by atoms with Gasteiger partial charge in [0.1, 0.15) is 22.7 Å². The Morgan fingerprint density at radius 3 is 2.41 bits per heavy atom. The number of fused-ring (bicyclic) bond motifs is 3. The second kappa shape index (κ2) is 9.73. The monoisotopic (exact) mass is 562 g/mol. The molecular formula is C33H19ClO7. The maximum atomic E-state index is 13.3. The molecule has 0 saturated carbocycles. The third-order valence-electron chi connectivity index (χ3n) is 6.81. The predicted octanol–water partition coefficient (Wildman–Crippen LogP) is 8.50. The molecule has 8 heteroatoms. The van der Waals surface area contributed by atoms with E-state index in [1.54, 1.807) is 49.6 Å². The topological polar surface area (TPSA) is 92.0 Å². The van der Waals surface area contributed by atoms with Gasteiger partial charge in [0.15, 0.2) is 11.3 Å². The highest BCUT2D eigenvalue weighted by atomic mass is 35.5. The summed E-state index contributed by atoms with van der Waals surface area (Å²) in [6.45, 7) is 0. The summed E-state index contributed by atoms with van der Waals surface area (Å²) in [5, 5.41) is 2.52. The number of methoxy groups -OCH3 is 1. The molecule has 0 aliphatic heterocycles. The molecule has 7 nitrogen and oxygen atoms in total. The largest absolute Gasteiger partial charge is 0.493 e. The molecule has 0 fully saturated rings. The number of halogens is 1. The van der Waals surface area contributed by atoms with Gasteiger partial charge >= 0.3 is 11.6 Å². The lowest BCUT2D eigenvalue weighted by atomic mass is 10.00. The standard InChI is InChI=1S/C33H19ClO7/c1-37-26-9-5-8-19-13-27(40-32(19)26)24-17-31(35)39-29-15-22(18-6-3-2-4-7-18)28(16-23(24)29)41-33(36)30-14-20-12-21(34)10-11-25(20)38-30/h2-17H,1H3. The minimum absolute atomic E-state index is 0.0190. The number of carbonyl (C=O) groups excluding carboxylic acids is 1. The number of para-hydroxylation sites is 1. The van der Waals surface area contributed by atoms with Crippen LogP contribution >= 0.6 is 11.6 Å². The fraction of sp³-hybridized carbons (Fsp3) is 0.0303. The molecule has 200 valence electrons. The van der Waals surface area contributed by atoms with Crippen LogP contribution in [0.2, 0.25) is 5.02 Å². The maximum absolute atomic E-state index is 13.3. The van der Waals surface area contributed by atoms with Gasteiger partial charge in [0, 0.05) is 38.4 Å². The Morgan fingerprint density at radius 1 is 0.732 bits per heavy atom. The molecule has 7 aromatic rings. The van der Waals surface area contributed by atoms with Gasteiger partial charge in [-0.3, -0.25) is 0 Å². The van der Waals surface area contributed by atoms with Gasteiger partial charge in [-0.2, -0.15) is 0 Å². The molecule has 0 amide bonds. The average Bonchev–Trinajstić information content (AvgIpc) is 3.61. The van der Waals surface area contributed by atoms with Gasteiger partial charge in [-0.15, -0.1) is 0 Å². The van der Waals surface area contributed by atoms with Gasteiger partial charge in [0.25, 0.3) is 0 Å². The molecule has 0 aliphatic carbocycles. The fourth-order valence-corrected chi connectivity index (χ4v) is 5.10. The summed E-state index contributed by atoms with van der Waals surface area (Å²) in [6, 6.07) is 28.1. The molecule has 4 aromatic carbocycles. The summed E-state index contributed by atoms with van der Waals surface area (Å²) >= 11 is 6.10. The third-order valence-corrected chi connectivity index (χ3v) is 7.04. The van der Waals surface area contributed by atoms with Crippen molar-refractivity contribution in [2.75, 3.05) is 7.11 Å². The van der Waals surface area contributed by atoms with E-state index in [9.17, 15) is 9.59 Å². The van der Waals surface area contributed by atoms with Gasteiger partial charge in [-0.1, -0.05) is 54.1 Å². The zero-order chi connectivity index (χ0) is 28.1. The van der Waals surface area contributed by atoms with Gasteiger partial charge in [-0.05, 0) is 54.1 Å². The number of esters is 1. The molecule has 3 heterocycles. The van der Waals surface area contributed by atoms with E-state index in [1.165, 1.54) is 6.07 Å². The lowest BCUT2D eigenvalue weighted by molar-refractivity contribution is 0.0705. The van der Waals surface area contributed by atoms with E-state index < -0.39 is 11.6 Å². The third kappa shape index (κ3) is 4.42. The van der Waals surface area contributed by atoms with E-state index in [1.807, 2.05) is 48.5 Å².